The zero-order valence-corrected chi connectivity index (χ0v) is 15.6. The molecule has 1 saturated carbocycles. The number of hydrogen-bond donors (Lipinski definition) is 1. The lowest BCUT2D eigenvalue weighted by Crippen LogP contribution is -2.33. The molecule has 0 bridgehead atoms. The molecule has 0 saturated heterocycles. The Kier molecular flexibility index (Phi) is 4.15. The second kappa shape index (κ2) is 6.82. The number of para-hydroxylation sites is 1. The summed E-state index contributed by atoms with van der Waals surface area (Å²) in [4.78, 5) is 27.4. The summed E-state index contributed by atoms with van der Waals surface area (Å²) in [5, 5.41) is 3.81. The third kappa shape index (κ3) is 2.97. The van der Waals surface area contributed by atoms with Crippen LogP contribution in [0, 0.1) is 5.92 Å². The number of carbonyl (C=O) groups excluding carboxylic acids is 2. The molecule has 1 fully saturated rings. The zero-order chi connectivity index (χ0) is 19.1. The lowest BCUT2D eigenvalue weighted by Gasteiger charge is -2.21. The van der Waals surface area contributed by atoms with E-state index in [9.17, 15) is 9.59 Å². The predicted molar refractivity (Wildman–Crippen MR) is 109 cm³/mol. The molecular weight excluding hydrogens is 352 g/mol. The summed E-state index contributed by atoms with van der Waals surface area (Å²) >= 11 is 0. The second-order valence-corrected chi connectivity index (χ2v) is 7.67. The average Bonchev–Trinajstić information content (AvgIpc) is 3.45. The normalized spacial score (nSPS) is 16.5. The van der Waals surface area contributed by atoms with Gasteiger partial charge < -0.3 is 14.6 Å². The van der Waals surface area contributed by atoms with Crippen molar-refractivity contribution in [2.45, 2.75) is 32.1 Å². The smallest absolute Gasteiger partial charge is 0.291 e. The molecule has 1 aliphatic heterocycles. The topological polar surface area (TPSA) is 62.6 Å². The van der Waals surface area contributed by atoms with Crippen LogP contribution in [0.25, 0.3) is 11.0 Å². The van der Waals surface area contributed by atoms with E-state index in [-0.39, 0.29) is 23.5 Å². The highest BCUT2D eigenvalue weighted by atomic mass is 16.3. The van der Waals surface area contributed by atoms with Gasteiger partial charge >= 0.3 is 0 Å². The number of furan rings is 1. The number of fused-ring (bicyclic) bond motifs is 2. The lowest BCUT2D eigenvalue weighted by molar-refractivity contribution is -0.122. The minimum Gasteiger partial charge on any atom is -0.451 e. The van der Waals surface area contributed by atoms with E-state index in [0.29, 0.717) is 11.3 Å². The van der Waals surface area contributed by atoms with Gasteiger partial charge in [-0.05, 0) is 49.1 Å². The van der Waals surface area contributed by atoms with E-state index in [4.69, 9.17) is 4.42 Å². The number of nitrogens with zero attached hydrogens (tertiary/aromatic N) is 1. The largest absolute Gasteiger partial charge is 0.451 e. The van der Waals surface area contributed by atoms with Gasteiger partial charge in [0.2, 0.25) is 5.91 Å². The Morgan fingerprint density at radius 1 is 1.04 bits per heavy atom. The molecule has 0 atom stereocenters. The molecule has 28 heavy (non-hydrogen) atoms. The van der Waals surface area contributed by atoms with Crippen molar-refractivity contribution in [1.82, 2.24) is 0 Å². The molecule has 1 aliphatic carbocycles. The van der Waals surface area contributed by atoms with Crippen molar-refractivity contribution in [3.63, 3.8) is 0 Å². The van der Waals surface area contributed by atoms with E-state index in [2.05, 4.69) is 5.32 Å². The van der Waals surface area contributed by atoms with E-state index in [1.165, 1.54) is 0 Å². The van der Waals surface area contributed by atoms with Crippen LogP contribution >= 0.6 is 0 Å². The van der Waals surface area contributed by atoms with Gasteiger partial charge in [-0.1, -0.05) is 37.1 Å². The molecule has 3 aromatic rings. The Morgan fingerprint density at radius 2 is 1.86 bits per heavy atom. The van der Waals surface area contributed by atoms with Gasteiger partial charge in [0, 0.05) is 29.2 Å². The molecule has 142 valence electrons. The van der Waals surface area contributed by atoms with E-state index >= 15 is 0 Å². The molecule has 2 aromatic carbocycles. The predicted octanol–water partition coefficient (Wildman–Crippen LogP) is 4.76. The Labute approximate surface area is 163 Å². The minimum atomic E-state index is -0.289. The van der Waals surface area contributed by atoms with Crippen LogP contribution in [-0.4, -0.2) is 18.4 Å². The molecule has 2 aliphatic rings. The van der Waals surface area contributed by atoms with E-state index in [0.717, 1.165) is 55.3 Å². The maximum absolute atomic E-state index is 12.9. The van der Waals surface area contributed by atoms with Crippen LogP contribution in [0.4, 0.5) is 11.4 Å². The molecule has 0 radical (unpaired) electrons. The molecule has 5 nitrogen and oxygen atoms in total. The fraction of sp³-hybridized carbons (Fsp3) is 0.304. The van der Waals surface area contributed by atoms with Gasteiger partial charge in [0.25, 0.3) is 5.91 Å². The van der Waals surface area contributed by atoms with Crippen LogP contribution in [0.1, 0.15) is 41.8 Å². The number of amides is 2. The maximum Gasteiger partial charge on any atom is 0.291 e. The van der Waals surface area contributed by atoms with Gasteiger partial charge in [-0.2, -0.15) is 0 Å². The monoisotopic (exact) mass is 374 g/mol. The van der Waals surface area contributed by atoms with Gasteiger partial charge in [-0.3, -0.25) is 9.59 Å². The quantitative estimate of drug-likeness (QED) is 0.719. The number of rotatable bonds is 3. The fourth-order valence-corrected chi connectivity index (χ4v) is 4.37. The van der Waals surface area contributed by atoms with Crippen molar-refractivity contribution in [3.8, 4) is 0 Å². The molecule has 2 amide bonds. The van der Waals surface area contributed by atoms with Crippen molar-refractivity contribution in [2.24, 2.45) is 5.92 Å². The molecule has 2 heterocycles. The highest BCUT2D eigenvalue weighted by Crippen LogP contribution is 2.35. The zero-order valence-electron chi connectivity index (χ0n) is 15.6. The molecule has 0 spiro atoms. The Hall–Kier alpha value is -3.08. The van der Waals surface area contributed by atoms with Crippen molar-refractivity contribution in [2.75, 3.05) is 16.8 Å². The molecular formula is C23H22N2O3. The molecule has 1 N–H and O–H groups in total. The first-order valence-electron chi connectivity index (χ1n) is 9.93. The van der Waals surface area contributed by atoms with Crippen LogP contribution in [0.5, 0.6) is 0 Å². The molecule has 1 aromatic heterocycles. The second-order valence-electron chi connectivity index (χ2n) is 7.67. The summed E-state index contributed by atoms with van der Waals surface area (Å²) in [5.41, 5.74) is 3.46. The first-order chi connectivity index (χ1) is 13.7. The van der Waals surface area contributed by atoms with Crippen molar-refractivity contribution in [1.29, 1.82) is 0 Å². The number of benzene rings is 2. The van der Waals surface area contributed by atoms with Crippen LogP contribution in [0.3, 0.4) is 0 Å². The summed E-state index contributed by atoms with van der Waals surface area (Å²) in [6.07, 6.45) is 5.14. The van der Waals surface area contributed by atoms with Crippen molar-refractivity contribution < 1.29 is 14.0 Å². The Morgan fingerprint density at radius 3 is 2.68 bits per heavy atom. The van der Waals surface area contributed by atoms with Gasteiger partial charge in [0.1, 0.15) is 5.58 Å². The van der Waals surface area contributed by atoms with Crippen LogP contribution < -0.4 is 10.2 Å². The SMILES string of the molecule is O=C(Nc1ccc2c(c1)N(C(=O)C1CCCC1)CC2)c1cc2ccccc2o1. The highest BCUT2D eigenvalue weighted by molar-refractivity contribution is 6.05. The van der Waals surface area contributed by atoms with Crippen LogP contribution in [0.2, 0.25) is 0 Å². The third-order valence-corrected chi connectivity index (χ3v) is 5.86. The summed E-state index contributed by atoms with van der Waals surface area (Å²) in [7, 11) is 0. The summed E-state index contributed by atoms with van der Waals surface area (Å²) in [6.45, 7) is 0.728. The first-order valence-corrected chi connectivity index (χ1v) is 9.93. The van der Waals surface area contributed by atoms with Gasteiger partial charge in [-0.15, -0.1) is 0 Å². The first kappa shape index (κ1) is 17.0. The van der Waals surface area contributed by atoms with Crippen molar-refractivity contribution >= 4 is 34.2 Å². The van der Waals surface area contributed by atoms with Crippen molar-refractivity contribution in [3.05, 3.63) is 59.9 Å². The van der Waals surface area contributed by atoms with E-state index in [1.54, 1.807) is 6.07 Å². The van der Waals surface area contributed by atoms with Gasteiger partial charge in [0.05, 0.1) is 0 Å². The van der Waals surface area contributed by atoms with Gasteiger partial charge in [-0.25, -0.2) is 0 Å². The lowest BCUT2D eigenvalue weighted by atomic mass is 10.1. The maximum atomic E-state index is 12.9. The van der Waals surface area contributed by atoms with Crippen LogP contribution in [0.15, 0.2) is 52.9 Å². The Bertz CT molecular complexity index is 1030. The Balaban J connectivity index is 1.37. The molecule has 5 rings (SSSR count). The van der Waals surface area contributed by atoms with Crippen LogP contribution in [-0.2, 0) is 11.2 Å². The standard InChI is InChI=1S/C23H22N2O3/c26-22(21-13-17-7-3-4-8-20(17)28-21)24-18-10-9-15-11-12-25(19(15)14-18)23(27)16-5-1-2-6-16/h3-4,7-10,13-14,16H,1-2,5-6,11-12H2,(H,24,26). The summed E-state index contributed by atoms with van der Waals surface area (Å²) in [6, 6.07) is 15.1. The highest BCUT2D eigenvalue weighted by Gasteiger charge is 2.32. The minimum absolute atomic E-state index is 0.153. The number of nitrogens with one attached hydrogen (secondary N) is 1. The summed E-state index contributed by atoms with van der Waals surface area (Å²) in [5.74, 6) is 0.375. The number of anilines is 2. The van der Waals surface area contributed by atoms with Gasteiger partial charge in [0.15, 0.2) is 5.76 Å². The number of carbonyl (C=O) groups is 2. The molecule has 0 unspecified atom stereocenters. The molecule has 5 heteroatoms. The average molecular weight is 374 g/mol. The summed E-state index contributed by atoms with van der Waals surface area (Å²) < 4.78 is 5.64. The fourth-order valence-electron chi connectivity index (χ4n) is 4.37. The van der Waals surface area contributed by atoms with E-state index < -0.39 is 0 Å². The van der Waals surface area contributed by atoms with E-state index in [1.807, 2.05) is 47.4 Å². The third-order valence-electron chi connectivity index (χ3n) is 5.86. The number of hydrogen-bond acceptors (Lipinski definition) is 3.